The van der Waals surface area contributed by atoms with Gasteiger partial charge in [-0.05, 0) is 49.3 Å². The van der Waals surface area contributed by atoms with E-state index in [1.807, 2.05) is 0 Å². The lowest BCUT2D eigenvalue weighted by molar-refractivity contribution is 0.355. The third kappa shape index (κ3) is 4.32. The highest BCUT2D eigenvalue weighted by atomic mass is 32.2. The molecule has 1 unspecified atom stereocenters. The first-order valence-electron chi connectivity index (χ1n) is 7.47. The molecule has 112 valence electrons. The van der Waals surface area contributed by atoms with Gasteiger partial charge in [-0.1, -0.05) is 31.2 Å². The van der Waals surface area contributed by atoms with Crippen molar-refractivity contribution in [1.29, 1.82) is 0 Å². The Morgan fingerprint density at radius 2 is 1.85 bits per heavy atom. The van der Waals surface area contributed by atoms with Crippen LogP contribution in [0.3, 0.4) is 0 Å². The summed E-state index contributed by atoms with van der Waals surface area (Å²) in [4.78, 5) is 0. The van der Waals surface area contributed by atoms with Crippen molar-refractivity contribution in [2.24, 2.45) is 5.92 Å². The van der Waals surface area contributed by atoms with Crippen molar-refractivity contribution in [2.45, 2.75) is 38.6 Å². The molecule has 2 rings (SSSR count). The van der Waals surface area contributed by atoms with Gasteiger partial charge >= 0.3 is 0 Å². The molecule has 0 heterocycles. The summed E-state index contributed by atoms with van der Waals surface area (Å²) in [6.45, 7) is 3.10. The number of hydrogen-bond acceptors (Lipinski definition) is 3. The Bertz CT molecular complexity index is 514. The van der Waals surface area contributed by atoms with Crippen LogP contribution in [0.2, 0.25) is 0 Å². The lowest BCUT2D eigenvalue weighted by Gasteiger charge is -2.24. The van der Waals surface area contributed by atoms with E-state index >= 15 is 0 Å². The van der Waals surface area contributed by atoms with Crippen LogP contribution in [0.4, 0.5) is 0 Å². The predicted molar refractivity (Wildman–Crippen MR) is 83.7 cm³/mol. The summed E-state index contributed by atoms with van der Waals surface area (Å²) < 4.78 is 22.8. The molecule has 1 aliphatic carbocycles. The quantitative estimate of drug-likeness (QED) is 0.839. The fourth-order valence-corrected chi connectivity index (χ4v) is 3.73. The van der Waals surface area contributed by atoms with Crippen molar-refractivity contribution in [1.82, 2.24) is 5.32 Å². The molecule has 4 heteroatoms. The Hall–Kier alpha value is -0.870. The van der Waals surface area contributed by atoms with Crippen molar-refractivity contribution in [2.75, 3.05) is 18.6 Å². The summed E-state index contributed by atoms with van der Waals surface area (Å²) in [6, 6.07) is 8.88. The summed E-state index contributed by atoms with van der Waals surface area (Å²) >= 11 is 0. The molecule has 0 bridgehead atoms. The molecule has 3 nitrogen and oxygen atoms in total. The predicted octanol–water partition coefficient (Wildman–Crippen LogP) is 2.20. The Labute approximate surface area is 122 Å². The second-order valence-electron chi connectivity index (χ2n) is 5.92. The van der Waals surface area contributed by atoms with E-state index in [2.05, 4.69) is 36.5 Å². The van der Waals surface area contributed by atoms with Gasteiger partial charge in [-0.2, -0.15) is 0 Å². The number of hydrogen-bond donors (Lipinski definition) is 1. The molecular weight excluding hydrogens is 270 g/mol. The van der Waals surface area contributed by atoms with Crippen LogP contribution in [0.5, 0.6) is 0 Å². The first kappa shape index (κ1) is 15.5. The number of sulfone groups is 1. The summed E-state index contributed by atoms with van der Waals surface area (Å²) in [5.74, 6) is 0.807. The van der Waals surface area contributed by atoms with Crippen molar-refractivity contribution in [3.05, 3.63) is 35.4 Å². The molecule has 0 aromatic heterocycles. The normalized spacial score (nSPS) is 17.1. The molecule has 0 amide bonds. The van der Waals surface area contributed by atoms with Crippen LogP contribution in [-0.2, 0) is 22.7 Å². The van der Waals surface area contributed by atoms with Gasteiger partial charge in [0.25, 0.3) is 0 Å². The summed E-state index contributed by atoms with van der Waals surface area (Å²) in [7, 11) is -2.88. The number of fused-ring (bicyclic) bond motifs is 1. The summed E-state index contributed by atoms with van der Waals surface area (Å²) in [5.41, 5.74) is 2.86. The van der Waals surface area contributed by atoms with Crippen LogP contribution >= 0.6 is 0 Å². The minimum atomic E-state index is -2.88. The lowest BCUT2D eigenvalue weighted by atomic mass is 9.94. The largest absolute Gasteiger partial charge is 0.314 e. The van der Waals surface area contributed by atoms with Crippen LogP contribution in [0.1, 0.15) is 30.9 Å². The van der Waals surface area contributed by atoms with Crippen molar-refractivity contribution in [3.63, 3.8) is 0 Å². The van der Waals surface area contributed by atoms with Crippen LogP contribution in [0, 0.1) is 5.92 Å². The van der Waals surface area contributed by atoms with E-state index in [4.69, 9.17) is 0 Å². The minimum absolute atomic E-state index is 0.279. The monoisotopic (exact) mass is 295 g/mol. The first-order valence-corrected chi connectivity index (χ1v) is 9.53. The van der Waals surface area contributed by atoms with E-state index in [9.17, 15) is 8.42 Å². The molecule has 1 aromatic carbocycles. The first-order chi connectivity index (χ1) is 9.49. The van der Waals surface area contributed by atoms with Crippen LogP contribution < -0.4 is 5.32 Å². The van der Waals surface area contributed by atoms with E-state index in [1.165, 1.54) is 17.4 Å². The fraction of sp³-hybridized carbons (Fsp3) is 0.625. The number of rotatable bonds is 7. The van der Waals surface area contributed by atoms with Gasteiger partial charge in [-0.3, -0.25) is 0 Å². The molecule has 1 N–H and O–H groups in total. The van der Waals surface area contributed by atoms with Crippen molar-refractivity contribution in [3.8, 4) is 0 Å². The third-order valence-electron chi connectivity index (χ3n) is 4.11. The van der Waals surface area contributed by atoms with Gasteiger partial charge in [0.1, 0.15) is 9.84 Å². The molecular formula is C16H25NO2S. The van der Waals surface area contributed by atoms with E-state index in [0.29, 0.717) is 12.0 Å². The number of nitrogens with one attached hydrogen (secondary N) is 1. The van der Waals surface area contributed by atoms with E-state index < -0.39 is 9.84 Å². The van der Waals surface area contributed by atoms with Crippen molar-refractivity contribution < 1.29 is 8.42 Å². The van der Waals surface area contributed by atoms with E-state index in [1.54, 1.807) is 0 Å². The van der Waals surface area contributed by atoms with E-state index in [0.717, 1.165) is 32.2 Å². The van der Waals surface area contributed by atoms with Gasteiger partial charge < -0.3 is 5.32 Å². The molecule has 0 fully saturated rings. The summed E-state index contributed by atoms with van der Waals surface area (Å²) in [6.07, 6.45) is 5.27. The van der Waals surface area contributed by atoms with Gasteiger partial charge in [0.2, 0.25) is 0 Å². The highest BCUT2D eigenvalue weighted by Crippen LogP contribution is 2.29. The van der Waals surface area contributed by atoms with Gasteiger partial charge in [-0.15, -0.1) is 0 Å². The zero-order valence-electron chi connectivity index (χ0n) is 12.4. The lowest BCUT2D eigenvalue weighted by Crippen LogP contribution is -2.38. The number of benzene rings is 1. The zero-order valence-corrected chi connectivity index (χ0v) is 13.2. The summed E-state index contributed by atoms with van der Waals surface area (Å²) in [5, 5.41) is 3.55. The molecule has 0 spiro atoms. The molecule has 0 saturated carbocycles. The standard InChI is InChI=1S/C16H25NO2S/c1-3-9-17-16(8-10-20(2,18)19)15-11-13-6-4-5-7-14(13)12-15/h4-7,15-17H,3,8-12H2,1-2H3. The van der Waals surface area contributed by atoms with Gasteiger partial charge in [0.15, 0.2) is 0 Å². The van der Waals surface area contributed by atoms with E-state index in [-0.39, 0.29) is 5.75 Å². The molecule has 0 saturated heterocycles. The smallest absolute Gasteiger partial charge is 0.147 e. The third-order valence-corrected chi connectivity index (χ3v) is 5.09. The van der Waals surface area contributed by atoms with Crippen molar-refractivity contribution >= 4 is 9.84 Å². The molecule has 20 heavy (non-hydrogen) atoms. The minimum Gasteiger partial charge on any atom is -0.314 e. The van der Waals surface area contributed by atoms with Crippen LogP contribution in [-0.4, -0.2) is 33.0 Å². The molecule has 0 aliphatic heterocycles. The Kier molecular flexibility index (Phi) is 5.22. The highest BCUT2D eigenvalue weighted by Gasteiger charge is 2.28. The fourth-order valence-electron chi connectivity index (χ4n) is 3.05. The highest BCUT2D eigenvalue weighted by molar-refractivity contribution is 7.90. The average Bonchev–Trinajstić information content (AvgIpc) is 2.81. The van der Waals surface area contributed by atoms with Crippen LogP contribution in [0.15, 0.2) is 24.3 Å². The average molecular weight is 295 g/mol. The maximum Gasteiger partial charge on any atom is 0.147 e. The molecule has 1 atom stereocenters. The topological polar surface area (TPSA) is 46.2 Å². The molecule has 0 radical (unpaired) electrons. The Morgan fingerprint density at radius 1 is 1.25 bits per heavy atom. The maximum absolute atomic E-state index is 11.4. The zero-order chi connectivity index (χ0) is 14.6. The molecule has 1 aliphatic rings. The second-order valence-corrected chi connectivity index (χ2v) is 8.18. The van der Waals surface area contributed by atoms with Gasteiger partial charge in [0.05, 0.1) is 5.75 Å². The SMILES string of the molecule is CCCNC(CCS(C)(=O)=O)C1Cc2ccccc2C1. The maximum atomic E-state index is 11.4. The molecule has 1 aromatic rings. The Balaban J connectivity index is 2.01. The van der Waals surface area contributed by atoms with Crippen LogP contribution in [0.25, 0.3) is 0 Å². The van der Waals surface area contributed by atoms with Gasteiger partial charge in [0, 0.05) is 12.3 Å². The van der Waals surface area contributed by atoms with Gasteiger partial charge in [-0.25, -0.2) is 8.42 Å². The second kappa shape index (κ2) is 6.72. The Morgan fingerprint density at radius 3 is 2.35 bits per heavy atom.